The van der Waals surface area contributed by atoms with Gasteiger partial charge in [-0.3, -0.25) is 4.99 Å². The van der Waals surface area contributed by atoms with E-state index in [4.69, 9.17) is 4.74 Å². The molecule has 2 aromatic rings. The first-order valence-corrected chi connectivity index (χ1v) is 4.95. The number of ether oxygens (including phenoxy) is 1. The van der Waals surface area contributed by atoms with Crippen LogP contribution in [-0.4, -0.2) is 22.9 Å². The van der Waals surface area contributed by atoms with Crippen LogP contribution >= 0.6 is 0 Å². The maximum atomic E-state index is 4.97. The molecule has 0 N–H and O–H groups in total. The van der Waals surface area contributed by atoms with Crippen molar-refractivity contribution >= 4 is 11.9 Å². The summed E-state index contributed by atoms with van der Waals surface area (Å²) in [4.78, 5) is 8.40. The van der Waals surface area contributed by atoms with E-state index in [1.165, 1.54) is 0 Å². The molecule has 0 atom stereocenters. The Morgan fingerprint density at radius 1 is 1.38 bits per heavy atom. The highest BCUT2D eigenvalue weighted by Gasteiger charge is 1.94. The highest BCUT2D eigenvalue weighted by molar-refractivity contribution is 5.79. The van der Waals surface area contributed by atoms with Gasteiger partial charge in [-0.05, 0) is 18.2 Å². The number of nitrogens with zero attached hydrogens (tertiary/aromatic N) is 3. The van der Waals surface area contributed by atoms with Crippen molar-refractivity contribution in [1.29, 1.82) is 0 Å². The minimum Gasteiger partial charge on any atom is -0.481 e. The minimum absolute atomic E-state index is 0.595. The third-order valence-corrected chi connectivity index (χ3v) is 2.26. The molecule has 0 saturated carbocycles. The van der Waals surface area contributed by atoms with Crippen LogP contribution in [0.4, 0.5) is 5.69 Å². The molecule has 0 aliphatic rings. The summed E-state index contributed by atoms with van der Waals surface area (Å²) in [5, 5.41) is 0. The number of hydrogen-bond acceptors (Lipinski definition) is 3. The van der Waals surface area contributed by atoms with Gasteiger partial charge in [0.05, 0.1) is 30.9 Å². The van der Waals surface area contributed by atoms with E-state index >= 15 is 0 Å². The summed E-state index contributed by atoms with van der Waals surface area (Å²) >= 11 is 0. The molecule has 0 aromatic carbocycles. The standard InChI is InChI=1S/C12H13N3O/c1-15-7-3-4-11(15)9-13-10-5-6-12(16-2)14-8-10/h3-9H,1-2H3. The smallest absolute Gasteiger partial charge is 0.213 e. The van der Waals surface area contributed by atoms with Gasteiger partial charge in [0.2, 0.25) is 5.88 Å². The van der Waals surface area contributed by atoms with E-state index in [1.54, 1.807) is 19.4 Å². The van der Waals surface area contributed by atoms with Crippen molar-refractivity contribution in [2.24, 2.45) is 12.0 Å². The lowest BCUT2D eigenvalue weighted by Crippen LogP contribution is -1.92. The van der Waals surface area contributed by atoms with Crippen molar-refractivity contribution in [3.8, 4) is 5.88 Å². The van der Waals surface area contributed by atoms with Crippen LogP contribution in [0.15, 0.2) is 41.7 Å². The third-order valence-electron chi connectivity index (χ3n) is 2.26. The fourth-order valence-electron chi connectivity index (χ4n) is 1.32. The molecule has 82 valence electrons. The van der Waals surface area contributed by atoms with Crippen molar-refractivity contribution in [3.63, 3.8) is 0 Å². The SMILES string of the molecule is COc1ccc(N=Cc2cccn2C)cn1. The normalized spacial score (nSPS) is 10.9. The van der Waals surface area contributed by atoms with Gasteiger partial charge in [0, 0.05) is 19.3 Å². The fourth-order valence-corrected chi connectivity index (χ4v) is 1.32. The highest BCUT2D eigenvalue weighted by Crippen LogP contribution is 2.13. The number of pyridine rings is 1. The van der Waals surface area contributed by atoms with Gasteiger partial charge in [0.1, 0.15) is 0 Å². The van der Waals surface area contributed by atoms with Gasteiger partial charge >= 0.3 is 0 Å². The zero-order valence-electron chi connectivity index (χ0n) is 9.29. The van der Waals surface area contributed by atoms with Crippen LogP contribution < -0.4 is 4.74 Å². The summed E-state index contributed by atoms with van der Waals surface area (Å²) in [5.41, 5.74) is 1.86. The fraction of sp³-hybridized carbons (Fsp3) is 0.167. The Morgan fingerprint density at radius 2 is 2.25 bits per heavy atom. The van der Waals surface area contributed by atoms with Crippen LogP contribution in [0.25, 0.3) is 0 Å². The average Bonchev–Trinajstić information content (AvgIpc) is 2.73. The van der Waals surface area contributed by atoms with Crippen molar-refractivity contribution in [1.82, 2.24) is 9.55 Å². The van der Waals surface area contributed by atoms with E-state index in [9.17, 15) is 0 Å². The monoisotopic (exact) mass is 215 g/mol. The van der Waals surface area contributed by atoms with Gasteiger partial charge < -0.3 is 9.30 Å². The maximum absolute atomic E-state index is 4.97. The van der Waals surface area contributed by atoms with Gasteiger partial charge in [0.15, 0.2) is 0 Å². The van der Waals surface area contributed by atoms with Crippen LogP contribution in [0.3, 0.4) is 0 Å². The summed E-state index contributed by atoms with van der Waals surface area (Å²) in [5.74, 6) is 0.595. The largest absolute Gasteiger partial charge is 0.481 e. The summed E-state index contributed by atoms with van der Waals surface area (Å²) in [6.45, 7) is 0. The van der Waals surface area contributed by atoms with Gasteiger partial charge in [-0.15, -0.1) is 0 Å². The lowest BCUT2D eigenvalue weighted by atomic mass is 10.4. The molecule has 0 aliphatic heterocycles. The lowest BCUT2D eigenvalue weighted by molar-refractivity contribution is 0.398. The van der Waals surface area contributed by atoms with Crippen molar-refractivity contribution in [3.05, 3.63) is 42.4 Å². The summed E-state index contributed by atoms with van der Waals surface area (Å²) in [7, 11) is 3.57. The van der Waals surface area contributed by atoms with Crippen molar-refractivity contribution < 1.29 is 4.74 Å². The molecule has 0 bridgehead atoms. The van der Waals surface area contributed by atoms with Crippen molar-refractivity contribution in [2.75, 3.05) is 7.11 Å². The second-order valence-corrected chi connectivity index (χ2v) is 3.36. The number of methoxy groups -OCH3 is 1. The van der Waals surface area contributed by atoms with Crippen LogP contribution in [0.5, 0.6) is 5.88 Å². The molecule has 0 aliphatic carbocycles. The molecule has 2 rings (SSSR count). The zero-order valence-corrected chi connectivity index (χ0v) is 9.29. The molecule has 0 radical (unpaired) electrons. The summed E-state index contributed by atoms with van der Waals surface area (Å²) in [6, 6.07) is 7.64. The molecule has 16 heavy (non-hydrogen) atoms. The first kappa shape index (κ1) is 10.4. The second-order valence-electron chi connectivity index (χ2n) is 3.36. The Bertz CT molecular complexity index is 485. The number of aromatic nitrogens is 2. The Kier molecular flexibility index (Phi) is 3.00. The van der Waals surface area contributed by atoms with E-state index in [-0.39, 0.29) is 0 Å². The van der Waals surface area contributed by atoms with E-state index in [0.717, 1.165) is 11.4 Å². The first-order chi connectivity index (χ1) is 7.79. The van der Waals surface area contributed by atoms with E-state index in [2.05, 4.69) is 9.98 Å². The molecule has 0 amide bonds. The molecule has 4 nitrogen and oxygen atoms in total. The zero-order chi connectivity index (χ0) is 11.4. The van der Waals surface area contributed by atoms with E-state index in [0.29, 0.717) is 5.88 Å². The predicted molar refractivity (Wildman–Crippen MR) is 63.5 cm³/mol. The minimum atomic E-state index is 0.595. The van der Waals surface area contributed by atoms with Gasteiger partial charge in [-0.25, -0.2) is 4.98 Å². The third kappa shape index (κ3) is 2.28. The number of aryl methyl sites for hydroxylation is 1. The molecule has 2 aromatic heterocycles. The van der Waals surface area contributed by atoms with E-state index < -0.39 is 0 Å². The van der Waals surface area contributed by atoms with Crippen LogP contribution in [0, 0.1) is 0 Å². The van der Waals surface area contributed by atoms with Crippen LogP contribution in [-0.2, 0) is 7.05 Å². The molecule has 2 heterocycles. The summed E-state index contributed by atoms with van der Waals surface area (Å²) in [6.07, 6.45) is 5.47. The maximum Gasteiger partial charge on any atom is 0.213 e. The average molecular weight is 215 g/mol. The van der Waals surface area contributed by atoms with Crippen LogP contribution in [0.1, 0.15) is 5.69 Å². The Morgan fingerprint density at radius 3 is 2.81 bits per heavy atom. The Balaban J connectivity index is 2.14. The topological polar surface area (TPSA) is 39.4 Å². The van der Waals surface area contributed by atoms with Gasteiger partial charge in [-0.1, -0.05) is 0 Å². The van der Waals surface area contributed by atoms with Gasteiger partial charge in [-0.2, -0.15) is 0 Å². The highest BCUT2D eigenvalue weighted by atomic mass is 16.5. The lowest BCUT2D eigenvalue weighted by Gasteiger charge is -1.98. The molecular weight excluding hydrogens is 202 g/mol. The molecular formula is C12H13N3O. The molecule has 0 unspecified atom stereocenters. The second kappa shape index (κ2) is 4.61. The van der Waals surface area contributed by atoms with Crippen molar-refractivity contribution in [2.45, 2.75) is 0 Å². The Hall–Kier alpha value is -2.10. The summed E-state index contributed by atoms with van der Waals surface area (Å²) < 4.78 is 6.97. The first-order valence-electron chi connectivity index (χ1n) is 4.95. The molecule has 4 heteroatoms. The quantitative estimate of drug-likeness (QED) is 0.736. The Labute approximate surface area is 94.2 Å². The number of rotatable bonds is 3. The van der Waals surface area contributed by atoms with Crippen LogP contribution in [0.2, 0.25) is 0 Å². The number of hydrogen-bond donors (Lipinski definition) is 0. The predicted octanol–water partition coefficient (Wildman–Crippen LogP) is 2.18. The molecule has 0 fully saturated rings. The number of aliphatic imine (C=N–C) groups is 1. The molecule has 0 saturated heterocycles. The van der Waals surface area contributed by atoms with Gasteiger partial charge in [0.25, 0.3) is 0 Å². The van der Waals surface area contributed by atoms with E-state index in [1.807, 2.05) is 42.2 Å². The molecule has 0 spiro atoms.